The van der Waals surface area contributed by atoms with E-state index in [4.69, 9.17) is 14.8 Å². The molecule has 0 saturated carbocycles. The van der Waals surface area contributed by atoms with Crippen LogP contribution in [-0.4, -0.2) is 68.3 Å². The molecule has 1 aliphatic rings. The van der Waals surface area contributed by atoms with Gasteiger partial charge in [0, 0.05) is 31.0 Å². The van der Waals surface area contributed by atoms with Crippen LogP contribution in [0.15, 0.2) is 48.7 Å². The average Bonchev–Trinajstić information content (AvgIpc) is 3.49. The van der Waals surface area contributed by atoms with Crippen LogP contribution in [0.25, 0.3) is 5.52 Å². The summed E-state index contributed by atoms with van der Waals surface area (Å²) in [6.07, 6.45) is 2.96. The number of hydrogen-bond donors (Lipinski definition) is 2. The Balaban J connectivity index is 1.40. The fourth-order valence-electron chi connectivity index (χ4n) is 4.03. The van der Waals surface area contributed by atoms with Crippen LogP contribution in [0.5, 0.6) is 0 Å². The molecular formula is C24H28FN7OS. The summed E-state index contributed by atoms with van der Waals surface area (Å²) in [7, 11) is 0. The monoisotopic (exact) mass is 481 g/mol. The first kappa shape index (κ1) is 22.8. The Bertz CT molecular complexity index is 1220. The molecule has 5 rings (SSSR count). The average molecular weight is 482 g/mol. The summed E-state index contributed by atoms with van der Waals surface area (Å²) in [4.78, 5) is 7.34. The van der Waals surface area contributed by atoms with Gasteiger partial charge in [0.05, 0.1) is 18.5 Å². The van der Waals surface area contributed by atoms with E-state index < -0.39 is 0 Å². The van der Waals surface area contributed by atoms with Crippen LogP contribution in [0.2, 0.25) is 0 Å². The molecule has 0 radical (unpaired) electrons. The van der Waals surface area contributed by atoms with Gasteiger partial charge in [-0.15, -0.1) is 11.8 Å². The summed E-state index contributed by atoms with van der Waals surface area (Å²) in [5.41, 5.74) is 2.80. The van der Waals surface area contributed by atoms with Gasteiger partial charge in [-0.2, -0.15) is 10.2 Å². The van der Waals surface area contributed by atoms with E-state index >= 15 is 0 Å². The number of H-pyrrole nitrogens is 1. The van der Waals surface area contributed by atoms with Crippen molar-refractivity contribution in [2.75, 3.05) is 43.9 Å². The third-order valence-corrected chi connectivity index (χ3v) is 7.11. The summed E-state index contributed by atoms with van der Waals surface area (Å²) in [6, 6.07) is 12.5. The molecule has 1 unspecified atom stereocenters. The maximum absolute atomic E-state index is 13.7. The molecule has 3 aromatic heterocycles. The first-order valence-electron chi connectivity index (χ1n) is 11.5. The molecule has 1 fully saturated rings. The second-order valence-corrected chi connectivity index (χ2v) is 9.54. The predicted octanol–water partition coefficient (Wildman–Crippen LogP) is 4.19. The van der Waals surface area contributed by atoms with Crippen LogP contribution < -0.4 is 5.32 Å². The third kappa shape index (κ3) is 5.40. The molecule has 0 bridgehead atoms. The number of benzene rings is 1. The van der Waals surface area contributed by atoms with Crippen molar-refractivity contribution in [1.29, 1.82) is 0 Å². The van der Waals surface area contributed by atoms with E-state index in [2.05, 4.69) is 20.4 Å². The molecule has 34 heavy (non-hydrogen) atoms. The van der Waals surface area contributed by atoms with Crippen LogP contribution in [0.3, 0.4) is 0 Å². The maximum atomic E-state index is 13.7. The Hall–Kier alpha value is -2.95. The van der Waals surface area contributed by atoms with Crippen molar-refractivity contribution in [3.8, 4) is 0 Å². The van der Waals surface area contributed by atoms with Crippen molar-refractivity contribution >= 4 is 28.9 Å². The molecule has 2 N–H and O–H groups in total. The van der Waals surface area contributed by atoms with Gasteiger partial charge in [-0.1, -0.05) is 12.1 Å². The Morgan fingerprint density at radius 3 is 2.79 bits per heavy atom. The summed E-state index contributed by atoms with van der Waals surface area (Å²) >= 11 is 1.78. The number of thioether (sulfide) groups is 1. The van der Waals surface area contributed by atoms with Crippen molar-refractivity contribution in [3.63, 3.8) is 0 Å². The first-order valence-corrected chi connectivity index (χ1v) is 12.5. The molecule has 1 aromatic carbocycles. The Morgan fingerprint density at radius 1 is 1.21 bits per heavy atom. The molecule has 10 heteroatoms. The van der Waals surface area contributed by atoms with Crippen molar-refractivity contribution in [2.45, 2.75) is 18.6 Å². The fraction of sp³-hybridized carbons (Fsp3) is 0.375. The van der Waals surface area contributed by atoms with Crippen LogP contribution in [0, 0.1) is 12.7 Å². The summed E-state index contributed by atoms with van der Waals surface area (Å²) in [5.74, 6) is 2.73. The number of morpholine rings is 1. The number of aromatic amines is 1. The van der Waals surface area contributed by atoms with E-state index in [9.17, 15) is 4.39 Å². The number of fused-ring (bicyclic) bond motifs is 1. The molecule has 4 heterocycles. The topological polar surface area (TPSA) is 83.4 Å². The van der Waals surface area contributed by atoms with Gasteiger partial charge < -0.3 is 10.1 Å². The van der Waals surface area contributed by atoms with Gasteiger partial charge in [0.25, 0.3) is 0 Å². The maximum Gasteiger partial charge on any atom is 0.169 e. The lowest BCUT2D eigenvalue weighted by Gasteiger charge is -2.26. The summed E-state index contributed by atoms with van der Waals surface area (Å²) in [6.45, 7) is 6.58. The zero-order valence-corrected chi connectivity index (χ0v) is 19.9. The first-order chi connectivity index (χ1) is 16.7. The molecule has 178 valence electrons. The SMILES string of the molecule is Cc1cc(Nc2nc(C(SCCCN3CCOCC3)c3ccc(F)cc3)nn3cccc23)n[nH]1. The molecule has 1 saturated heterocycles. The normalized spacial score (nSPS) is 15.6. The highest BCUT2D eigenvalue weighted by molar-refractivity contribution is 7.99. The van der Waals surface area contributed by atoms with Gasteiger partial charge in [0.1, 0.15) is 11.3 Å². The van der Waals surface area contributed by atoms with Gasteiger partial charge >= 0.3 is 0 Å². The lowest BCUT2D eigenvalue weighted by Crippen LogP contribution is -2.37. The van der Waals surface area contributed by atoms with Gasteiger partial charge in [0.15, 0.2) is 17.5 Å². The van der Waals surface area contributed by atoms with Gasteiger partial charge in [-0.05, 0) is 55.5 Å². The number of aromatic nitrogens is 5. The number of halogens is 1. The third-order valence-electron chi connectivity index (χ3n) is 5.77. The number of nitrogens with zero attached hydrogens (tertiary/aromatic N) is 5. The molecular weight excluding hydrogens is 453 g/mol. The molecule has 0 spiro atoms. The van der Waals surface area contributed by atoms with E-state index in [-0.39, 0.29) is 11.1 Å². The van der Waals surface area contributed by atoms with Gasteiger partial charge in [-0.3, -0.25) is 10.00 Å². The van der Waals surface area contributed by atoms with Gasteiger partial charge in [-0.25, -0.2) is 13.9 Å². The number of hydrogen-bond acceptors (Lipinski definition) is 7. The van der Waals surface area contributed by atoms with Crippen molar-refractivity contribution in [2.24, 2.45) is 0 Å². The fourth-order valence-corrected chi connectivity index (χ4v) is 5.16. The van der Waals surface area contributed by atoms with E-state index in [0.717, 1.165) is 61.8 Å². The Kier molecular flexibility index (Phi) is 7.08. The summed E-state index contributed by atoms with van der Waals surface area (Å²) in [5, 5.41) is 15.2. The second kappa shape index (κ2) is 10.5. The minimum Gasteiger partial charge on any atom is -0.379 e. The zero-order chi connectivity index (χ0) is 23.3. The van der Waals surface area contributed by atoms with Crippen molar-refractivity contribution < 1.29 is 9.13 Å². The molecule has 1 atom stereocenters. The number of ether oxygens (including phenoxy) is 1. The van der Waals surface area contributed by atoms with Crippen LogP contribution in [0.4, 0.5) is 16.0 Å². The molecule has 4 aromatic rings. The van der Waals surface area contributed by atoms with Crippen LogP contribution in [0.1, 0.15) is 28.8 Å². The molecule has 0 amide bonds. The molecule has 8 nitrogen and oxygen atoms in total. The quantitative estimate of drug-likeness (QED) is 0.347. The lowest BCUT2D eigenvalue weighted by atomic mass is 10.1. The van der Waals surface area contributed by atoms with E-state index in [1.807, 2.05) is 48.0 Å². The smallest absolute Gasteiger partial charge is 0.169 e. The Morgan fingerprint density at radius 2 is 2.03 bits per heavy atom. The highest BCUT2D eigenvalue weighted by atomic mass is 32.2. The second-order valence-electron chi connectivity index (χ2n) is 8.33. The van der Waals surface area contributed by atoms with E-state index in [0.29, 0.717) is 17.5 Å². The Labute approximate surface area is 201 Å². The number of rotatable bonds is 9. The summed E-state index contributed by atoms with van der Waals surface area (Å²) < 4.78 is 20.9. The van der Waals surface area contributed by atoms with E-state index in [1.54, 1.807) is 11.8 Å². The predicted molar refractivity (Wildman–Crippen MR) is 132 cm³/mol. The number of aryl methyl sites for hydroxylation is 1. The minimum atomic E-state index is -0.252. The van der Waals surface area contributed by atoms with E-state index in [1.165, 1.54) is 12.1 Å². The molecule has 1 aliphatic heterocycles. The minimum absolute atomic E-state index is 0.126. The van der Waals surface area contributed by atoms with Crippen LogP contribution in [-0.2, 0) is 4.74 Å². The largest absolute Gasteiger partial charge is 0.379 e. The van der Waals surface area contributed by atoms with Crippen LogP contribution >= 0.6 is 11.8 Å². The number of anilines is 2. The zero-order valence-electron chi connectivity index (χ0n) is 19.1. The highest BCUT2D eigenvalue weighted by Crippen LogP contribution is 2.35. The van der Waals surface area contributed by atoms with Gasteiger partial charge in [0.2, 0.25) is 0 Å². The van der Waals surface area contributed by atoms with Crippen molar-refractivity contribution in [1.82, 2.24) is 29.7 Å². The lowest BCUT2D eigenvalue weighted by molar-refractivity contribution is 0.0381. The standard InChI is InChI=1S/C24H28FN7OS/c1-17-16-21(29-28-17)26-23-20-4-2-10-32(20)30-24(27-23)22(18-5-7-19(25)8-6-18)34-15-3-9-31-11-13-33-14-12-31/h2,4-8,10,16,22H,3,9,11-15H2,1H3,(H2,26,27,28,29,30). The molecule has 0 aliphatic carbocycles. The number of nitrogens with one attached hydrogen (secondary N) is 2. The highest BCUT2D eigenvalue weighted by Gasteiger charge is 2.21. The van der Waals surface area contributed by atoms with Crippen molar-refractivity contribution in [3.05, 3.63) is 71.6 Å².